The molecule has 1 amide bonds. The van der Waals surface area contributed by atoms with Crippen molar-refractivity contribution < 1.29 is 4.79 Å². The second kappa shape index (κ2) is 3.86. The highest BCUT2D eigenvalue weighted by molar-refractivity contribution is 5.93. The molecule has 0 radical (unpaired) electrons. The third kappa shape index (κ3) is 1.54. The van der Waals surface area contributed by atoms with E-state index in [0.29, 0.717) is 0 Å². The van der Waals surface area contributed by atoms with Gasteiger partial charge in [0.15, 0.2) is 0 Å². The van der Waals surface area contributed by atoms with Gasteiger partial charge in [-0.3, -0.25) is 4.79 Å². The van der Waals surface area contributed by atoms with E-state index in [4.69, 9.17) is 5.73 Å². The molecule has 3 rings (SSSR count). The minimum atomic E-state index is -0.532. The largest absolute Gasteiger partial charge is 0.369 e. The van der Waals surface area contributed by atoms with Gasteiger partial charge in [-0.1, -0.05) is 11.6 Å². The maximum absolute atomic E-state index is 11.9. The van der Waals surface area contributed by atoms with E-state index in [-0.39, 0.29) is 5.91 Å². The predicted molar refractivity (Wildman–Crippen MR) is 77.1 cm³/mol. The van der Waals surface area contributed by atoms with Gasteiger partial charge in [0.25, 0.3) is 0 Å². The van der Waals surface area contributed by atoms with Gasteiger partial charge in [-0.05, 0) is 50.8 Å². The van der Waals surface area contributed by atoms with Crippen molar-refractivity contribution in [2.24, 2.45) is 12.8 Å². The lowest BCUT2D eigenvalue weighted by Crippen LogP contribution is -2.42. The Morgan fingerprint density at radius 1 is 1.42 bits per heavy atom. The Kier molecular flexibility index (Phi) is 2.49. The predicted octanol–water partition coefficient (Wildman–Crippen LogP) is 2.57. The number of hydrogen-bond donors (Lipinski definition) is 1. The first kappa shape index (κ1) is 12.3. The smallest absolute Gasteiger partial charge is 0.229 e. The minimum Gasteiger partial charge on any atom is -0.369 e. The number of aryl methyl sites for hydroxylation is 3. The van der Waals surface area contributed by atoms with Gasteiger partial charge in [0, 0.05) is 23.6 Å². The summed E-state index contributed by atoms with van der Waals surface area (Å²) in [5, 5.41) is 1.28. The van der Waals surface area contributed by atoms with Crippen LogP contribution in [-0.4, -0.2) is 10.5 Å². The number of primary amides is 1. The average Bonchev–Trinajstić information content (AvgIpc) is 2.64. The van der Waals surface area contributed by atoms with Crippen LogP contribution in [0.5, 0.6) is 0 Å². The van der Waals surface area contributed by atoms with Crippen LogP contribution in [0.2, 0.25) is 0 Å². The zero-order chi connectivity index (χ0) is 13.8. The quantitative estimate of drug-likeness (QED) is 0.837. The maximum Gasteiger partial charge on any atom is 0.229 e. The molecule has 19 heavy (non-hydrogen) atoms. The molecule has 1 aromatic carbocycles. The first-order valence-electron chi connectivity index (χ1n) is 6.83. The molecule has 0 saturated carbocycles. The normalized spacial score (nSPS) is 22.5. The van der Waals surface area contributed by atoms with E-state index in [9.17, 15) is 4.79 Å². The number of carbonyl (C=O) groups excluding carboxylic acids is 1. The number of rotatable bonds is 1. The van der Waals surface area contributed by atoms with Crippen LogP contribution in [0.25, 0.3) is 10.9 Å². The molecule has 1 atom stereocenters. The van der Waals surface area contributed by atoms with E-state index in [0.717, 1.165) is 25.0 Å². The van der Waals surface area contributed by atoms with Gasteiger partial charge in [0.05, 0.1) is 5.41 Å². The highest BCUT2D eigenvalue weighted by Crippen LogP contribution is 2.41. The number of nitrogens with zero attached hydrogens (tertiary/aromatic N) is 1. The summed E-state index contributed by atoms with van der Waals surface area (Å²) in [6.07, 6.45) is 2.91. The summed E-state index contributed by atoms with van der Waals surface area (Å²) < 4.78 is 2.16. The molecule has 0 fully saturated rings. The third-order valence-corrected chi connectivity index (χ3v) is 4.63. The van der Waals surface area contributed by atoms with Crippen molar-refractivity contribution in [2.75, 3.05) is 0 Å². The van der Waals surface area contributed by atoms with Crippen molar-refractivity contribution in [3.8, 4) is 0 Å². The van der Waals surface area contributed by atoms with E-state index >= 15 is 0 Å². The summed E-state index contributed by atoms with van der Waals surface area (Å²) >= 11 is 0. The Morgan fingerprint density at radius 2 is 2.16 bits per heavy atom. The van der Waals surface area contributed by atoms with Gasteiger partial charge < -0.3 is 10.3 Å². The summed E-state index contributed by atoms with van der Waals surface area (Å²) in [6, 6.07) is 6.49. The van der Waals surface area contributed by atoms with Crippen LogP contribution in [0.1, 0.15) is 36.6 Å². The van der Waals surface area contributed by atoms with Gasteiger partial charge in [-0.25, -0.2) is 0 Å². The van der Waals surface area contributed by atoms with E-state index in [2.05, 4.69) is 29.7 Å². The summed E-state index contributed by atoms with van der Waals surface area (Å²) in [7, 11) is 2.04. The van der Waals surface area contributed by atoms with Crippen molar-refractivity contribution in [1.82, 2.24) is 4.57 Å². The van der Waals surface area contributed by atoms with E-state index in [1.165, 1.54) is 22.0 Å². The fourth-order valence-corrected chi connectivity index (χ4v) is 3.57. The number of aromatic nitrogens is 1. The summed E-state index contributed by atoms with van der Waals surface area (Å²) in [6.45, 7) is 4.09. The van der Waals surface area contributed by atoms with Gasteiger partial charge in [0.2, 0.25) is 5.91 Å². The molecule has 100 valence electrons. The maximum atomic E-state index is 11.9. The zero-order valence-corrected chi connectivity index (χ0v) is 11.8. The van der Waals surface area contributed by atoms with Crippen LogP contribution in [-0.2, 0) is 23.7 Å². The van der Waals surface area contributed by atoms with Crippen molar-refractivity contribution in [3.63, 3.8) is 0 Å². The Bertz CT molecular complexity index is 684. The zero-order valence-electron chi connectivity index (χ0n) is 11.8. The van der Waals surface area contributed by atoms with Crippen LogP contribution in [0.3, 0.4) is 0 Å². The molecule has 2 N–H and O–H groups in total. The lowest BCUT2D eigenvalue weighted by molar-refractivity contribution is -0.123. The average molecular weight is 256 g/mol. The minimum absolute atomic E-state index is 0.212. The molecule has 0 bridgehead atoms. The monoisotopic (exact) mass is 256 g/mol. The topological polar surface area (TPSA) is 48.0 Å². The molecule has 0 spiro atoms. The number of carbonyl (C=O) groups is 1. The molecule has 1 heterocycles. The first-order valence-corrected chi connectivity index (χ1v) is 6.83. The molecule has 1 aliphatic rings. The fraction of sp³-hybridized carbons (Fsp3) is 0.438. The van der Waals surface area contributed by atoms with Crippen LogP contribution in [0.15, 0.2) is 18.2 Å². The van der Waals surface area contributed by atoms with E-state index in [1.54, 1.807) is 0 Å². The van der Waals surface area contributed by atoms with E-state index < -0.39 is 5.41 Å². The van der Waals surface area contributed by atoms with Crippen LogP contribution in [0.4, 0.5) is 0 Å². The SMILES string of the molecule is Cc1ccc2c(c1)c1c(n2C)[C@](C)(C(N)=O)CCC1. The molecule has 1 aromatic heterocycles. The fourth-order valence-electron chi connectivity index (χ4n) is 3.57. The second-order valence-electron chi connectivity index (χ2n) is 5.96. The van der Waals surface area contributed by atoms with Crippen molar-refractivity contribution >= 4 is 16.8 Å². The molecule has 3 heteroatoms. The second-order valence-corrected chi connectivity index (χ2v) is 5.96. The third-order valence-electron chi connectivity index (χ3n) is 4.63. The summed E-state index contributed by atoms with van der Waals surface area (Å²) in [5.41, 5.74) is 10.0. The number of hydrogen-bond acceptors (Lipinski definition) is 1. The van der Waals surface area contributed by atoms with E-state index in [1.807, 2.05) is 14.0 Å². The highest BCUT2D eigenvalue weighted by atomic mass is 16.1. The molecule has 2 aromatic rings. The van der Waals surface area contributed by atoms with Crippen LogP contribution in [0, 0.1) is 6.92 Å². The van der Waals surface area contributed by atoms with Gasteiger partial charge in [-0.15, -0.1) is 0 Å². The Labute approximate surface area is 113 Å². The number of nitrogens with two attached hydrogens (primary N) is 1. The lowest BCUT2D eigenvalue weighted by Gasteiger charge is -2.32. The van der Waals surface area contributed by atoms with Gasteiger partial charge >= 0.3 is 0 Å². The number of benzene rings is 1. The standard InChI is InChI=1S/C16H20N2O/c1-10-6-7-13-12(9-10)11-5-4-8-16(2,15(17)19)14(11)18(13)3/h6-7,9H,4-5,8H2,1-3H3,(H2,17,19)/t16-/m1/s1. The Hall–Kier alpha value is -1.77. The summed E-state index contributed by atoms with van der Waals surface area (Å²) in [4.78, 5) is 11.9. The summed E-state index contributed by atoms with van der Waals surface area (Å²) in [5.74, 6) is -0.212. The highest BCUT2D eigenvalue weighted by Gasteiger charge is 2.40. The van der Waals surface area contributed by atoms with Crippen molar-refractivity contribution in [3.05, 3.63) is 35.0 Å². The van der Waals surface area contributed by atoms with Gasteiger partial charge in [0.1, 0.15) is 0 Å². The number of amides is 1. The molecular weight excluding hydrogens is 236 g/mol. The first-order chi connectivity index (χ1) is 8.95. The lowest BCUT2D eigenvalue weighted by atomic mass is 9.74. The van der Waals surface area contributed by atoms with Crippen molar-refractivity contribution in [1.29, 1.82) is 0 Å². The molecule has 0 saturated heterocycles. The Balaban J connectivity index is 2.40. The van der Waals surface area contributed by atoms with Crippen LogP contribution < -0.4 is 5.73 Å². The van der Waals surface area contributed by atoms with Crippen LogP contribution >= 0.6 is 0 Å². The molecule has 0 aliphatic heterocycles. The molecule has 1 aliphatic carbocycles. The van der Waals surface area contributed by atoms with Crippen molar-refractivity contribution in [2.45, 2.75) is 38.5 Å². The molecule has 3 nitrogen and oxygen atoms in total. The molecule has 0 unspecified atom stereocenters. The molecular formula is C16H20N2O. The van der Waals surface area contributed by atoms with Gasteiger partial charge in [-0.2, -0.15) is 0 Å². The number of fused-ring (bicyclic) bond motifs is 3. The Morgan fingerprint density at radius 3 is 2.84 bits per heavy atom.